The summed E-state index contributed by atoms with van der Waals surface area (Å²) >= 11 is 5.85. The van der Waals surface area contributed by atoms with Crippen molar-refractivity contribution in [3.8, 4) is 0 Å². The third-order valence-electron chi connectivity index (χ3n) is 4.81. The van der Waals surface area contributed by atoms with Gasteiger partial charge in [0.1, 0.15) is 11.6 Å². The maximum absolute atomic E-state index is 14.6. The van der Waals surface area contributed by atoms with Crippen LogP contribution >= 0.6 is 11.6 Å². The summed E-state index contributed by atoms with van der Waals surface area (Å²) < 4.78 is 33.4. The van der Waals surface area contributed by atoms with Gasteiger partial charge in [0.25, 0.3) is 5.91 Å². The molecular formula is C22H24ClF2N3O3. The summed E-state index contributed by atoms with van der Waals surface area (Å²) in [5, 5.41) is 5.15. The summed E-state index contributed by atoms with van der Waals surface area (Å²) in [5.74, 6) is -1.87. The molecule has 2 unspecified atom stereocenters. The Morgan fingerprint density at radius 1 is 1.13 bits per heavy atom. The molecule has 1 heterocycles. The summed E-state index contributed by atoms with van der Waals surface area (Å²) in [4.78, 5) is 26.1. The van der Waals surface area contributed by atoms with Gasteiger partial charge in [-0.1, -0.05) is 11.6 Å². The van der Waals surface area contributed by atoms with Gasteiger partial charge >= 0.3 is 0 Å². The third-order valence-corrected chi connectivity index (χ3v) is 5.12. The van der Waals surface area contributed by atoms with Crippen molar-refractivity contribution >= 4 is 34.8 Å². The second-order valence-electron chi connectivity index (χ2n) is 7.51. The fourth-order valence-corrected chi connectivity index (χ4v) is 3.75. The number of halogens is 3. The van der Waals surface area contributed by atoms with Gasteiger partial charge in [-0.2, -0.15) is 0 Å². The molecule has 0 radical (unpaired) electrons. The quantitative estimate of drug-likeness (QED) is 0.696. The first kappa shape index (κ1) is 23.0. The summed E-state index contributed by atoms with van der Waals surface area (Å²) in [6.07, 6.45) is -0.0167. The van der Waals surface area contributed by atoms with Gasteiger partial charge in [-0.3, -0.25) is 9.59 Å². The molecule has 9 heteroatoms. The number of rotatable bonds is 6. The Kier molecular flexibility index (Phi) is 7.46. The summed E-state index contributed by atoms with van der Waals surface area (Å²) in [6.45, 7) is 5.11. The molecule has 1 saturated heterocycles. The van der Waals surface area contributed by atoms with Crippen molar-refractivity contribution in [1.29, 1.82) is 0 Å². The molecule has 1 fully saturated rings. The Balaban J connectivity index is 1.51. The minimum atomic E-state index is -0.545. The highest BCUT2D eigenvalue weighted by Gasteiger charge is 2.24. The van der Waals surface area contributed by atoms with E-state index in [1.807, 2.05) is 18.7 Å². The van der Waals surface area contributed by atoms with E-state index in [0.717, 1.165) is 12.1 Å². The number of hydrogen-bond acceptors (Lipinski definition) is 4. The molecule has 2 amide bonds. The number of nitrogens with zero attached hydrogens (tertiary/aromatic N) is 1. The zero-order chi connectivity index (χ0) is 22.5. The van der Waals surface area contributed by atoms with Crippen LogP contribution in [0.4, 0.5) is 20.2 Å². The SMILES string of the molecule is CC1CN(c2ccc(NC(=O)CCNC(=O)c3ccc(F)cc3Cl)cc2F)CC(C)O1. The highest BCUT2D eigenvalue weighted by Crippen LogP contribution is 2.26. The predicted octanol–water partition coefficient (Wildman–Crippen LogP) is 3.99. The smallest absolute Gasteiger partial charge is 0.252 e. The Morgan fingerprint density at radius 2 is 1.84 bits per heavy atom. The normalized spacial score (nSPS) is 18.5. The standard InChI is InChI=1S/C22H24ClF2N3O3/c1-13-11-28(12-14(2)31-13)20-6-4-16(10-19(20)25)27-21(29)7-8-26-22(30)17-5-3-15(24)9-18(17)23/h3-6,9-10,13-14H,7-8,11-12H2,1-2H3,(H,26,30)(H,27,29). The van der Waals surface area contributed by atoms with Crippen LogP contribution in [0.25, 0.3) is 0 Å². The maximum atomic E-state index is 14.6. The van der Waals surface area contributed by atoms with Gasteiger partial charge in [-0.05, 0) is 50.2 Å². The van der Waals surface area contributed by atoms with Crippen molar-refractivity contribution < 1.29 is 23.1 Å². The number of benzene rings is 2. The number of hydrogen-bond donors (Lipinski definition) is 2. The van der Waals surface area contributed by atoms with Gasteiger partial charge in [-0.15, -0.1) is 0 Å². The molecule has 0 saturated carbocycles. The zero-order valence-electron chi connectivity index (χ0n) is 17.3. The Labute approximate surface area is 184 Å². The fourth-order valence-electron chi connectivity index (χ4n) is 3.50. The van der Waals surface area contributed by atoms with Crippen LogP contribution in [0.3, 0.4) is 0 Å². The highest BCUT2D eigenvalue weighted by molar-refractivity contribution is 6.33. The van der Waals surface area contributed by atoms with Gasteiger partial charge in [0.2, 0.25) is 5.91 Å². The molecular weight excluding hydrogens is 428 g/mol. The topological polar surface area (TPSA) is 70.7 Å². The predicted molar refractivity (Wildman–Crippen MR) is 116 cm³/mol. The van der Waals surface area contributed by atoms with Gasteiger partial charge < -0.3 is 20.3 Å². The number of morpholine rings is 1. The molecule has 1 aliphatic rings. The zero-order valence-corrected chi connectivity index (χ0v) is 18.0. The molecule has 31 heavy (non-hydrogen) atoms. The molecule has 1 aliphatic heterocycles. The number of carbonyl (C=O) groups is 2. The minimum Gasteiger partial charge on any atom is -0.372 e. The molecule has 0 aromatic heterocycles. The van der Waals surface area contributed by atoms with Crippen LogP contribution in [0.2, 0.25) is 5.02 Å². The Morgan fingerprint density at radius 3 is 2.48 bits per heavy atom. The number of amides is 2. The number of ether oxygens (including phenoxy) is 1. The first-order chi connectivity index (χ1) is 14.7. The molecule has 2 aromatic carbocycles. The number of anilines is 2. The lowest BCUT2D eigenvalue weighted by Gasteiger charge is -2.37. The van der Waals surface area contributed by atoms with Crippen LogP contribution in [0, 0.1) is 11.6 Å². The summed E-state index contributed by atoms with van der Waals surface area (Å²) in [5.41, 5.74) is 0.907. The van der Waals surface area contributed by atoms with E-state index in [2.05, 4.69) is 10.6 Å². The molecule has 0 spiro atoms. The van der Waals surface area contributed by atoms with Gasteiger partial charge in [0.05, 0.1) is 28.5 Å². The first-order valence-corrected chi connectivity index (χ1v) is 10.3. The summed E-state index contributed by atoms with van der Waals surface area (Å²) in [7, 11) is 0. The van der Waals surface area contributed by atoms with E-state index in [9.17, 15) is 18.4 Å². The second-order valence-corrected chi connectivity index (χ2v) is 7.91. The lowest BCUT2D eigenvalue weighted by Crippen LogP contribution is -2.45. The maximum Gasteiger partial charge on any atom is 0.252 e. The van der Waals surface area contributed by atoms with Crippen molar-refractivity contribution in [1.82, 2.24) is 5.32 Å². The van der Waals surface area contributed by atoms with E-state index < -0.39 is 17.5 Å². The van der Waals surface area contributed by atoms with Crippen molar-refractivity contribution in [2.24, 2.45) is 0 Å². The van der Waals surface area contributed by atoms with E-state index >= 15 is 0 Å². The Bertz CT molecular complexity index is 963. The molecule has 2 atom stereocenters. The lowest BCUT2D eigenvalue weighted by molar-refractivity contribution is -0.116. The molecule has 6 nitrogen and oxygen atoms in total. The Hall–Kier alpha value is -2.71. The van der Waals surface area contributed by atoms with E-state index in [-0.39, 0.29) is 41.7 Å². The average molecular weight is 452 g/mol. The molecule has 2 aromatic rings. The largest absolute Gasteiger partial charge is 0.372 e. The van der Waals surface area contributed by atoms with Gasteiger partial charge in [0, 0.05) is 31.7 Å². The van der Waals surface area contributed by atoms with Gasteiger partial charge in [-0.25, -0.2) is 8.78 Å². The van der Waals surface area contributed by atoms with Crippen LogP contribution in [0.5, 0.6) is 0 Å². The minimum absolute atomic E-state index is 0.00234. The van der Waals surface area contributed by atoms with Gasteiger partial charge in [0.15, 0.2) is 0 Å². The van der Waals surface area contributed by atoms with E-state index in [1.165, 1.54) is 12.1 Å². The van der Waals surface area contributed by atoms with E-state index in [4.69, 9.17) is 16.3 Å². The number of nitrogens with one attached hydrogen (secondary N) is 2. The van der Waals surface area contributed by atoms with Crippen LogP contribution in [-0.2, 0) is 9.53 Å². The van der Waals surface area contributed by atoms with E-state index in [1.54, 1.807) is 12.1 Å². The van der Waals surface area contributed by atoms with Crippen LogP contribution in [0.1, 0.15) is 30.6 Å². The highest BCUT2D eigenvalue weighted by atomic mass is 35.5. The third kappa shape index (κ3) is 6.15. The average Bonchev–Trinajstić information content (AvgIpc) is 2.67. The van der Waals surface area contributed by atoms with Crippen molar-refractivity contribution in [2.45, 2.75) is 32.5 Å². The molecule has 2 N–H and O–H groups in total. The van der Waals surface area contributed by atoms with Crippen molar-refractivity contribution in [2.75, 3.05) is 29.9 Å². The molecule has 0 aliphatic carbocycles. The number of carbonyl (C=O) groups excluding carboxylic acids is 2. The molecule has 0 bridgehead atoms. The van der Waals surface area contributed by atoms with Crippen LogP contribution in [-0.4, -0.2) is 43.7 Å². The van der Waals surface area contributed by atoms with Crippen LogP contribution < -0.4 is 15.5 Å². The first-order valence-electron chi connectivity index (χ1n) is 9.96. The molecule has 166 valence electrons. The van der Waals surface area contributed by atoms with E-state index in [0.29, 0.717) is 24.5 Å². The van der Waals surface area contributed by atoms with Crippen LogP contribution in [0.15, 0.2) is 36.4 Å². The second kappa shape index (κ2) is 10.1. The monoisotopic (exact) mass is 451 g/mol. The molecule has 3 rings (SSSR count). The fraction of sp³-hybridized carbons (Fsp3) is 0.364. The summed E-state index contributed by atoms with van der Waals surface area (Å²) in [6, 6.07) is 7.98. The lowest BCUT2D eigenvalue weighted by atomic mass is 10.1. The van der Waals surface area contributed by atoms with Crippen molar-refractivity contribution in [3.63, 3.8) is 0 Å². The van der Waals surface area contributed by atoms with Crippen molar-refractivity contribution in [3.05, 3.63) is 58.6 Å².